The molecule has 0 bridgehead atoms. The Kier molecular flexibility index (Phi) is 2.87. The van der Waals surface area contributed by atoms with Crippen LogP contribution in [0.3, 0.4) is 0 Å². The van der Waals surface area contributed by atoms with Crippen molar-refractivity contribution >= 4 is 15.8 Å². The summed E-state index contributed by atoms with van der Waals surface area (Å²) in [6.07, 6.45) is 0. The van der Waals surface area contributed by atoms with E-state index >= 15 is 0 Å². The first kappa shape index (κ1) is 13.4. The SMILES string of the molecule is O=C1OC(S(=O)(=O)c2ccccc2)c2cc(O)cc(O)c21. The van der Waals surface area contributed by atoms with Crippen LogP contribution in [0.25, 0.3) is 0 Å². The normalized spacial score (nSPS) is 17.3. The topological polar surface area (TPSA) is 101 Å². The molecule has 0 fully saturated rings. The number of rotatable bonds is 2. The van der Waals surface area contributed by atoms with Crippen LogP contribution in [0, 0.1) is 0 Å². The summed E-state index contributed by atoms with van der Waals surface area (Å²) in [7, 11) is -3.98. The van der Waals surface area contributed by atoms with Gasteiger partial charge in [-0.3, -0.25) is 0 Å². The molecular weight excluding hydrogens is 296 g/mol. The van der Waals surface area contributed by atoms with Crippen LogP contribution in [0.4, 0.5) is 0 Å². The summed E-state index contributed by atoms with van der Waals surface area (Å²) in [6, 6.07) is 9.57. The molecule has 2 aromatic rings. The second-order valence-corrected chi connectivity index (χ2v) is 6.51. The number of fused-ring (bicyclic) bond motifs is 1. The molecule has 1 heterocycles. The zero-order valence-corrected chi connectivity index (χ0v) is 11.4. The van der Waals surface area contributed by atoms with Crippen molar-refractivity contribution in [3.05, 3.63) is 53.6 Å². The van der Waals surface area contributed by atoms with Crippen LogP contribution in [-0.4, -0.2) is 24.6 Å². The number of benzene rings is 2. The molecule has 1 atom stereocenters. The smallest absolute Gasteiger partial charge is 0.344 e. The first-order chi connectivity index (χ1) is 9.91. The molecular formula is C14H10O6S. The van der Waals surface area contributed by atoms with E-state index in [1.165, 1.54) is 12.1 Å². The molecule has 7 heteroatoms. The first-order valence-corrected chi connectivity index (χ1v) is 7.51. The summed E-state index contributed by atoms with van der Waals surface area (Å²) in [5.74, 6) is -1.80. The van der Waals surface area contributed by atoms with Gasteiger partial charge < -0.3 is 14.9 Å². The highest BCUT2D eigenvalue weighted by Crippen LogP contribution is 2.43. The van der Waals surface area contributed by atoms with Crippen LogP contribution >= 0.6 is 0 Å². The Hall–Kier alpha value is -2.54. The van der Waals surface area contributed by atoms with Crippen molar-refractivity contribution in [1.82, 2.24) is 0 Å². The standard InChI is InChI=1S/C14H10O6S/c15-8-6-10-12(11(16)7-8)13(17)20-14(10)21(18,19)9-4-2-1-3-5-9/h1-7,14-16H. The maximum Gasteiger partial charge on any atom is 0.344 e. The van der Waals surface area contributed by atoms with E-state index in [2.05, 4.69) is 0 Å². The van der Waals surface area contributed by atoms with Crippen LogP contribution in [0.1, 0.15) is 21.4 Å². The summed E-state index contributed by atoms with van der Waals surface area (Å²) in [4.78, 5) is 11.7. The van der Waals surface area contributed by atoms with Gasteiger partial charge in [0.1, 0.15) is 17.1 Å². The molecule has 1 aliphatic rings. The second kappa shape index (κ2) is 4.49. The number of cyclic esters (lactones) is 1. The average Bonchev–Trinajstić information content (AvgIpc) is 2.77. The fraction of sp³-hybridized carbons (Fsp3) is 0.0714. The van der Waals surface area contributed by atoms with Crippen LogP contribution in [-0.2, 0) is 14.6 Å². The van der Waals surface area contributed by atoms with Crippen molar-refractivity contribution < 1.29 is 28.2 Å². The van der Waals surface area contributed by atoms with E-state index in [1.54, 1.807) is 18.2 Å². The molecule has 0 saturated heterocycles. The van der Waals surface area contributed by atoms with Gasteiger partial charge in [0.05, 0.1) is 4.90 Å². The Labute approximate surface area is 120 Å². The highest BCUT2D eigenvalue weighted by atomic mass is 32.2. The van der Waals surface area contributed by atoms with E-state index in [-0.39, 0.29) is 21.8 Å². The van der Waals surface area contributed by atoms with Crippen LogP contribution in [0.5, 0.6) is 11.5 Å². The Morgan fingerprint density at radius 1 is 1.05 bits per heavy atom. The number of hydrogen-bond acceptors (Lipinski definition) is 6. The number of hydrogen-bond donors (Lipinski definition) is 2. The number of aromatic hydroxyl groups is 2. The van der Waals surface area contributed by atoms with Gasteiger partial charge in [0.2, 0.25) is 15.3 Å². The van der Waals surface area contributed by atoms with E-state index in [4.69, 9.17) is 4.74 Å². The van der Waals surface area contributed by atoms with Crippen LogP contribution in [0.15, 0.2) is 47.4 Å². The zero-order valence-electron chi connectivity index (χ0n) is 10.6. The van der Waals surface area contributed by atoms with Gasteiger partial charge in [-0.15, -0.1) is 0 Å². The fourth-order valence-electron chi connectivity index (χ4n) is 2.23. The summed E-state index contributed by atoms with van der Waals surface area (Å²) < 4.78 is 29.9. The molecule has 2 aromatic carbocycles. The van der Waals surface area contributed by atoms with Crippen molar-refractivity contribution in [2.45, 2.75) is 10.3 Å². The van der Waals surface area contributed by atoms with Gasteiger partial charge in [-0.2, -0.15) is 0 Å². The Morgan fingerprint density at radius 2 is 1.71 bits per heavy atom. The maximum absolute atomic E-state index is 12.5. The van der Waals surface area contributed by atoms with Gasteiger partial charge in [-0.25, -0.2) is 13.2 Å². The second-order valence-electron chi connectivity index (χ2n) is 4.52. The quantitative estimate of drug-likeness (QED) is 0.820. The van der Waals surface area contributed by atoms with Gasteiger partial charge in [-0.1, -0.05) is 18.2 Å². The summed E-state index contributed by atoms with van der Waals surface area (Å²) in [5.41, 5.74) is -1.89. The third-order valence-corrected chi connectivity index (χ3v) is 5.00. The first-order valence-electron chi connectivity index (χ1n) is 5.97. The number of ether oxygens (including phenoxy) is 1. The highest BCUT2D eigenvalue weighted by molar-refractivity contribution is 7.91. The maximum atomic E-state index is 12.5. The van der Waals surface area contributed by atoms with Gasteiger partial charge in [0.15, 0.2) is 0 Å². The largest absolute Gasteiger partial charge is 0.508 e. The van der Waals surface area contributed by atoms with E-state index in [1.807, 2.05) is 0 Å². The fourth-order valence-corrected chi connectivity index (χ4v) is 3.74. The van der Waals surface area contributed by atoms with Gasteiger partial charge in [0, 0.05) is 11.6 Å². The van der Waals surface area contributed by atoms with E-state index < -0.39 is 27.0 Å². The molecule has 0 saturated carbocycles. The lowest BCUT2D eigenvalue weighted by Gasteiger charge is -2.12. The molecule has 6 nitrogen and oxygen atoms in total. The predicted octanol–water partition coefficient (Wildman–Crippen LogP) is 1.74. The molecule has 0 amide bonds. The lowest BCUT2D eigenvalue weighted by Crippen LogP contribution is -2.13. The molecule has 1 aliphatic heterocycles. The van der Waals surface area contributed by atoms with Crippen LogP contribution in [0.2, 0.25) is 0 Å². The van der Waals surface area contributed by atoms with Crippen molar-refractivity contribution in [1.29, 1.82) is 0 Å². The van der Waals surface area contributed by atoms with E-state index in [0.717, 1.165) is 12.1 Å². The molecule has 0 aliphatic carbocycles. The Morgan fingerprint density at radius 3 is 2.38 bits per heavy atom. The minimum absolute atomic E-state index is 0.0153. The molecule has 0 spiro atoms. The minimum Gasteiger partial charge on any atom is -0.508 e. The van der Waals surface area contributed by atoms with Crippen molar-refractivity contribution in [3.63, 3.8) is 0 Å². The summed E-state index contributed by atoms with van der Waals surface area (Å²) in [6.45, 7) is 0. The summed E-state index contributed by atoms with van der Waals surface area (Å²) in [5, 5.41) is 19.2. The van der Waals surface area contributed by atoms with Crippen molar-refractivity contribution in [2.75, 3.05) is 0 Å². The Balaban J connectivity index is 2.18. The van der Waals surface area contributed by atoms with Gasteiger partial charge >= 0.3 is 5.97 Å². The lowest BCUT2D eigenvalue weighted by atomic mass is 10.1. The predicted molar refractivity (Wildman–Crippen MR) is 71.6 cm³/mol. The zero-order chi connectivity index (χ0) is 15.2. The molecule has 108 valence electrons. The molecule has 2 N–H and O–H groups in total. The molecule has 3 rings (SSSR count). The third-order valence-electron chi connectivity index (χ3n) is 3.16. The van der Waals surface area contributed by atoms with Crippen LogP contribution < -0.4 is 0 Å². The van der Waals surface area contributed by atoms with E-state index in [0.29, 0.717) is 0 Å². The molecule has 0 aromatic heterocycles. The number of phenolic OH excluding ortho intramolecular Hbond substituents is 2. The number of carbonyl (C=O) groups is 1. The summed E-state index contributed by atoms with van der Waals surface area (Å²) >= 11 is 0. The molecule has 21 heavy (non-hydrogen) atoms. The van der Waals surface area contributed by atoms with Gasteiger partial charge in [-0.05, 0) is 18.2 Å². The number of esters is 1. The highest BCUT2D eigenvalue weighted by Gasteiger charge is 2.43. The number of carbonyl (C=O) groups excluding carboxylic acids is 1. The number of sulfone groups is 1. The average molecular weight is 306 g/mol. The molecule has 0 radical (unpaired) electrons. The van der Waals surface area contributed by atoms with Crippen molar-refractivity contribution in [2.24, 2.45) is 0 Å². The van der Waals surface area contributed by atoms with Crippen molar-refractivity contribution in [3.8, 4) is 11.5 Å². The number of phenols is 2. The molecule has 1 unspecified atom stereocenters. The third kappa shape index (κ3) is 2.02. The van der Waals surface area contributed by atoms with Gasteiger partial charge in [0.25, 0.3) is 0 Å². The lowest BCUT2D eigenvalue weighted by molar-refractivity contribution is 0.0506. The minimum atomic E-state index is -3.98. The Bertz CT molecular complexity index is 826. The monoisotopic (exact) mass is 306 g/mol. The van der Waals surface area contributed by atoms with E-state index in [9.17, 15) is 23.4 Å².